The molecule has 1 aromatic heterocycles. The number of hydrogen-bond donors (Lipinski definition) is 3. The Morgan fingerprint density at radius 2 is 1.74 bits per heavy atom. The van der Waals surface area contributed by atoms with Crippen molar-refractivity contribution in [3.8, 4) is 11.3 Å². The number of rotatable bonds is 6. The van der Waals surface area contributed by atoms with Gasteiger partial charge in [-0.1, -0.05) is 61.7 Å². The third-order valence-corrected chi connectivity index (χ3v) is 7.74. The molecule has 1 unspecified atom stereocenters. The number of H-pyrrole nitrogens is 1. The van der Waals surface area contributed by atoms with E-state index in [0.717, 1.165) is 42.1 Å². The van der Waals surface area contributed by atoms with Crippen LogP contribution in [0, 0.1) is 5.92 Å². The van der Waals surface area contributed by atoms with Crippen molar-refractivity contribution in [2.45, 2.75) is 42.9 Å². The standard InChI is InChI=1S/C27H28N4O3S/c28-35(33,34)22-13-7-12-20(16-22)26-23-17-21(14-15-24(23)30-31-26)29-27(32)25(18-8-3-1-4-9-18)19-10-5-2-6-11-19/h1,3-4,7-9,12-17,19,25H,2,5-6,10-11H2,(H,29,32)(H,30,31)(H2,28,33,34). The lowest BCUT2D eigenvalue weighted by molar-refractivity contribution is -0.119. The minimum Gasteiger partial charge on any atom is -0.326 e. The quantitative estimate of drug-likeness (QED) is 0.346. The Hall–Kier alpha value is -3.49. The molecule has 1 atom stereocenters. The Labute approximate surface area is 204 Å². The van der Waals surface area contributed by atoms with Gasteiger partial charge in [0.1, 0.15) is 5.69 Å². The number of carbonyl (C=O) groups is 1. The van der Waals surface area contributed by atoms with Crippen molar-refractivity contribution in [3.05, 3.63) is 78.4 Å². The topological polar surface area (TPSA) is 118 Å². The molecular weight excluding hydrogens is 460 g/mol. The molecule has 0 bridgehead atoms. The predicted octanol–water partition coefficient (Wildman–Crippen LogP) is 5.18. The van der Waals surface area contributed by atoms with Crippen LogP contribution in [0.5, 0.6) is 0 Å². The first-order valence-electron chi connectivity index (χ1n) is 11.9. The van der Waals surface area contributed by atoms with E-state index in [1.165, 1.54) is 18.6 Å². The van der Waals surface area contributed by atoms with E-state index in [9.17, 15) is 13.2 Å². The molecule has 7 nitrogen and oxygen atoms in total. The molecular formula is C27H28N4O3S. The number of nitrogens with two attached hydrogens (primary N) is 1. The van der Waals surface area contributed by atoms with Crippen LogP contribution in [0.4, 0.5) is 5.69 Å². The average Bonchev–Trinajstić information content (AvgIpc) is 3.28. The minimum atomic E-state index is -3.84. The number of hydrogen-bond acceptors (Lipinski definition) is 4. The highest BCUT2D eigenvalue weighted by Gasteiger charge is 2.31. The molecule has 4 N–H and O–H groups in total. The van der Waals surface area contributed by atoms with E-state index < -0.39 is 10.0 Å². The second-order valence-corrected chi connectivity index (χ2v) is 10.7. The monoisotopic (exact) mass is 488 g/mol. The summed E-state index contributed by atoms with van der Waals surface area (Å²) in [5, 5.41) is 16.6. The number of benzene rings is 3. The summed E-state index contributed by atoms with van der Waals surface area (Å²) in [5.74, 6) is 0.103. The van der Waals surface area contributed by atoms with Gasteiger partial charge in [-0.15, -0.1) is 0 Å². The highest BCUT2D eigenvalue weighted by Crippen LogP contribution is 2.37. The van der Waals surface area contributed by atoms with Crippen molar-refractivity contribution in [2.75, 3.05) is 5.32 Å². The Bertz CT molecular complexity index is 1460. The van der Waals surface area contributed by atoms with Crippen LogP contribution >= 0.6 is 0 Å². The zero-order chi connectivity index (χ0) is 24.4. The Morgan fingerprint density at radius 3 is 2.49 bits per heavy atom. The van der Waals surface area contributed by atoms with Crippen LogP contribution in [0.25, 0.3) is 22.2 Å². The van der Waals surface area contributed by atoms with Gasteiger partial charge in [0.25, 0.3) is 0 Å². The zero-order valence-electron chi connectivity index (χ0n) is 19.3. The fourth-order valence-corrected chi connectivity index (χ4v) is 5.68. The molecule has 35 heavy (non-hydrogen) atoms. The van der Waals surface area contributed by atoms with Crippen LogP contribution in [0.2, 0.25) is 0 Å². The fourth-order valence-electron chi connectivity index (χ4n) is 5.12. The van der Waals surface area contributed by atoms with E-state index in [-0.39, 0.29) is 16.7 Å². The number of primary sulfonamides is 1. The highest BCUT2D eigenvalue weighted by atomic mass is 32.2. The van der Waals surface area contributed by atoms with Gasteiger partial charge >= 0.3 is 0 Å². The van der Waals surface area contributed by atoms with Gasteiger partial charge in [-0.25, -0.2) is 13.6 Å². The molecule has 1 saturated carbocycles. The average molecular weight is 489 g/mol. The van der Waals surface area contributed by atoms with Crippen molar-refractivity contribution in [1.82, 2.24) is 10.2 Å². The largest absolute Gasteiger partial charge is 0.326 e. The third-order valence-electron chi connectivity index (χ3n) is 6.83. The highest BCUT2D eigenvalue weighted by molar-refractivity contribution is 7.89. The molecule has 3 aromatic carbocycles. The van der Waals surface area contributed by atoms with Crippen LogP contribution < -0.4 is 10.5 Å². The molecule has 5 rings (SSSR count). The smallest absolute Gasteiger partial charge is 0.238 e. The predicted molar refractivity (Wildman–Crippen MR) is 137 cm³/mol. The maximum atomic E-state index is 13.6. The number of amides is 1. The second kappa shape index (κ2) is 9.64. The number of aromatic amines is 1. The lowest BCUT2D eigenvalue weighted by atomic mass is 9.76. The van der Waals surface area contributed by atoms with Gasteiger partial charge in [0, 0.05) is 16.6 Å². The van der Waals surface area contributed by atoms with Crippen molar-refractivity contribution in [1.29, 1.82) is 0 Å². The molecule has 1 fully saturated rings. The number of fused-ring (bicyclic) bond motifs is 1. The molecule has 8 heteroatoms. The summed E-state index contributed by atoms with van der Waals surface area (Å²) in [5.41, 5.74) is 3.71. The number of aromatic nitrogens is 2. The Balaban J connectivity index is 1.47. The first-order chi connectivity index (χ1) is 16.9. The lowest BCUT2D eigenvalue weighted by Crippen LogP contribution is -2.29. The molecule has 1 amide bonds. The molecule has 180 valence electrons. The summed E-state index contributed by atoms with van der Waals surface area (Å²) in [7, 11) is -3.84. The van der Waals surface area contributed by atoms with E-state index in [0.29, 0.717) is 22.9 Å². The molecule has 0 spiro atoms. The second-order valence-electron chi connectivity index (χ2n) is 9.18. The first-order valence-corrected chi connectivity index (χ1v) is 13.4. The van der Waals surface area contributed by atoms with Gasteiger partial charge < -0.3 is 5.32 Å². The van der Waals surface area contributed by atoms with Gasteiger partial charge in [-0.3, -0.25) is 9.89 Å². The third kappa shape index (κ3) is 4.99. The zero-order valence-corrected chi connectivity index (χ0v) is 20.1. The summed E-state index contributed by atoms with van der Waals surface area (Å²) in [6, 6.07) is 22.0. The van der Waals surface area contributed by atoms with E-state index >= 15 is 0 Å². The molecule has 1 aliphatic carbocycles. The summed E-state index contributed by atoms with van der Waals surface area (Å²) in [4.78, 5) is 13.6. The van der Waals surface area contributed by atoms with Gasteiger partial charge in [-0.2, -0.15) is 5.10 Å². The van der Waals surface area contributed by atoms with Crippen LogP contribution in [-0.2, 0) is 14.8 Å². The lowest BCUT2D eigenvalue weighted by Gasteiger charge is -2.30. The Kier molecular flexibility index (Phi) is 6.40. The van der Waals surface area contributed by atoms with Crippen molar-refractivity contribution >= 4 is 32.5 Å². The van der Waals surface area contributed by atoms with Crippen LogP contribution in [-0.4, -0.2) is 24.5 Å². The van der Waals surface area contributed by atoms with E-state index in [2.05, 4.69) is 15.5 Å². The number of carbonyl (C=O) groups excluding carboxylic acids is 1. The van der Waals surface area contributed by atoms with E-state index in [1.54, 1.807) is 12.1 Å². The van der Waals surface area contributed by atoms with Gasteiger partial charge in [-0.05, 0) is 54.7 Å². The van der Waals surface area contributed by atoms with Gasteiger partial charge in [0.2, 0.25) is 15.9 Å². The van der Waals surface area contributed by atoms with Crippen LogP contribution in [0.3, 0.4) is 0 Å². The Morgan fingerprint density at radius 1 is 0.971 bits per heavy atom. The summed E-state index contributed by atoms with van der Waals surface area (Å²) in [6.07, 6.45) is 5.65. The molecule has 1 heterocycles. The molecule has 1 aliphatic rings. The van der Waals surface area contributed by atoms with Gasteiger partial charge in [0.15, 0.2) is 0 Å². The molecule has 0 aliphatic heterocycles. The van der Waals surface area contributed by atoms with Crippen molar-refractivity contribution in [2.24, 2.45) is 11.1 Å². The molecule has 0 radical (unpaired) electrons. The van der Waals surface area contributed by atoms with Crippen LogP contribution in [0.15, 0.2) is 77.7 Å². The summed E-state index contributed by atoms with van der Waals surface area (Å²) >= 11 is 0. The normalized spacial score (nSPS) is 15.7. The fraction of sp³-hybridized carbons (Fsp3) is 0.259. The minimum absolute atomic E-state index is 0.0104. The van der Waals surface area contributed by atoms with E-state index in [1.807, 2.05) is 48.5 Å². The maximum absolute atomic E-state index is 13.6. The number of sulfonamides is 1. The maximum Gasteiger partial charge on any atom is 0.238 e. The number of nitrogens with one attached hydrogen (secondary N) is 2. The molecule has 4 aromatic rings. The SMILES string of the molecule is NS(=O)(=O)c1cccc(-c2n[nH]c3ccc(NC(=O)C(c4ccccc4)C4CCCCC4)cc23)c1. The van der Waals surface area contributed by atoms with Crippen LogP contribution in [0.1, 0.15) is 43.6 Å². The van der Waals surface area contributed by atoms with Crippen molar-refractivity contribution < 1.29 is 13.2 Å². The molecule has 0 saturated heterocycles. The number of anilines is 1. The summed E-state index contributed by atoms with van der Waals surface area (Å²) < 4.78 is 23.6. The summed E-state index contributed by atoms with van der Waals surface area (Å²) in [6.45, 7) is 0. The van der Waals surface area contributed by atoms with Crippen molar-refractivity contribution in [3.63, 3.8) is 0 Å². The van der Waals surface area contributed by atoms with E-state index in [4.69, 9.17) is 5.14 Å². The number of nitrogens with zero attached hydrogens (tertiary/aromatic N) is 1. The first kappa shape index (κ1) is 23.3. The van der Waals surface area contributed by atoms with Gasteiger partial charge in [0.05, 0.1) is 16.3 Å².